The number of aliphatic hydroxyl groups excluding tert-OH is 1. The highest BCUT2D eigenvalue weighted by atomic mass is 16.3. The van der Waals surface area contributed by atoms with Crippen LogP contribution in [0.1, 0.15) is 58.8 Å². The van der Waals surface area contributed by atoms with E-state index in [1.165, 1.54) is 38.9 Å². The molecule has 0 aromatic rings. The van der Waals surface area contributed by atoms with Crippen LogP contribution in [0.25, 0.3) is 0 Å². The molecule has 0 atom stereocenters. The van der Waals surface area contributed by atoms with E-state index in [4.69, 9.17) is 5.11 Å². The molecule has 140 valence electrons. The number of hydrogen-bond acceptors (Lipinski definition) is 3. The zero-order chi connectivity index (χ0) is 17.4. The lowest BCUT2D eigenvalue weighted by Crippen LogP contribution is -2.46. The highest BCUT2D eigenvalue weighted by molar-refractivity contribution is 5.74. The van der Waals surface area contributed by atoms with Crippen LogP contribution in [-0.4, -0.2) is 54.9 Å². The number of urea groups is 1. The van der Waals surface area contributed by atoms with Gasteiger partial charge < -0.3 is 20.6 Å². The molecule has 3 N–H and O–H groups in total. The first-order valence-electron chi connectivity index (χ1n) is 9.94. The van der Waals surface area contributed by atoms with Gasteiger partial charge in [0.05, 0.1) is 0 Å². The number of amides is 2. The molecule has 1 heterocycles. The van der Waals surface area contributed by atoms with Crippen LogP contribution >= 0.6 is 0 Å². The summed E-state index contributed by atoms with van der Waals surface area (Å²) in [7, 11) is 0. The zero-order valence-corrected chi connectivity index (χ0v) is 15.6. The van der Waals surface area contributed by atoms with Gasteiger partial charge in [0.15, 0.2) is 0 Å². The van der Waals surface area contributed by atoms with Crippen molar-refractivity contribution in [3.05, 3.63) is 0 Å². The van der Waals surface area contributed by atoms with E-state index in [1.54, 1.807) is 0 Å². The number of likely N-dealkylation sites (tertiary alicyclic amines) is 1. The highest BCUT2D eigenvalue weighted by Crippen LogP contribution is 2.23. The fourth-order valence-corrected chi connectivity index (χ4v) is 3.82. The fourth-order valence-electron chi connectivity index (χ4n) is 3.82. The number of aliphatic hydroxyl groups is 1. The molecule has 24 heavy (non-hydrogen) atoms. The molecule has 0 unspecified atom stereocenters. The molecule has 2 amide bonds. The Labute approximate surface area is 147 Å². The first-order valence-corrected chi connectivity index (χ1v) is 9.94. The number of carbonyl (C=O) groups excluding carboxylic acids is 1. The van der Waals surface area contributed by atoms with E-state index in [1.807, 2.05) is 0 Å². The average Bonchev–Trinajstić information content (AvgIpc) is 2.59. The second-order valence-corrected chi connectivity index (χ2v) is 8.22. The SMILES string of the molecule is CC(C)CCN1CCC(CNC(=O)NC2CCC(CO)CC2)CC1. The van der Waals surface area contributed by atoms with E-state index in [2.05, 4.69) is 29.4 Å². The van der Waals surface area contributed by atoms with Crippen molar-refractivity contribution in [3.63, 3.8) is 0 Å². The summed E-state index contributed by atoms with van der Waals surface area (Å²) < 4.78 is 0. The van der Waals surface area contributed by atoms with Crippen LogP contribution in [-0.2, 0) is 0 Å². The van der Waals surface area contributed by atoms with Crippen molar-refractivity contribution in [1.29, 1.82) is 0 Å². The minimum Gasteiger partial charge on any atom is -0.396 e. The third-order valence-corrected chi connectivity index (χ3v) is 5.72. The number of nitrogens with zero attached hydrogens (tertiary/aromatic N) is 1. The molecule has 5 nitrogen and oxygen atoms in total. The molecule has 1 saturated carbocycles. The van der Waals surface area contributed by atoms with Crippen molar-refractivity contribution >= 4 is 6.03 Å². The van der Waals surface area contributed by atoms with Crippen molar-refractivity contribution in [3.8, 4) is 0 Å². The van der Waals surface area contributed by atoms with Crippen molar-refractivity contribution in [1.82, 2.24) is 15.5 Å². The van der Waals surface area contributed by atoms with Gasteiger partial charge in [0.2, 0.25) is 0 Å². The van der Waals surface area contributed by atoms with Gasteiger partial charge in [-0.25, -0.2) is 4.79 Å². The minimum absolute atomic E-state index is 0.00955. The van der Waals surface area contributed by atoms with Crippen molar-refractivity contribution < 1.29 is 9.90 Å². The fraction of sp³-hybridized carbons (Fsp3) is 0.947. The van der Waals surface area contributed by atoms with Crippen molar-refractivity contribution in [2.75, 3.05) is 32.8 Å². The predicted octanol–water partition coefficient (Wildman–Crippen LogP) is 2.59. The summed E-state index contributed by atoms with van der Waals surface area (Å²) in [6.45, 7) is 9.22. The van der Waals surface area contributed by atoms with Crippen LogP contribution in [0.2, 0.25) is 0 Å². The number of carbonyl (C=O) groups is 1. The number of piperidine rings is 1. The monoisotopic (exact) mass is 339 g/mol. The van der Waals surface area contributed by atoms with E-state index in [0.717, 1.165) is 38.1 Å². The van der Waals surface area contributed by atoms with E-state index < -0.39 is 0 Å². The summed E-state index contributed by atoms with van der Waals surface area (Å²) in [4.78, 5) is 14.6. The maximum atomic E-state index is 12.1. The van der Waals surface area contributed by atoms with Crippen molar-refractivity contribution in [2.45, 2.75) is 64.8 Å². The molecule has 1 aliphatic carbocycles. The summed E-state index contributed by atoms with van der Waals surface area (Å²) in [5.74, 6) is 1.84. The van der Waals surface area contributed by atoms with Gasteiger partial charge in [0, 0.05) is 19.2 Å². The molecule has 5 heteroatoms. The Kier molecular flexibility index (Phi) is 8.33. The lowest BCUT2D eigenvalue weighted by atomic mass is 9.87. The Hall–Kier alpha value is -0.810. The first kappa shape index (κ1) is 19.5. The highest BCUT2D eigenvalue weighted by Gasteiger charge is 2.23. The first-order chi connectivity index (χ1) is 11.6. The van der Waals surface area contributed by atoms with Gasteiger partial charge in [-0.15, -0.1) is 0 Å². The van der Waals surface area contributed by atoms with E-state index in [9.17, 15) is 4.79 Å². The average molecular weight is 340 g/mol. The van der Waals surface area contributed by atoms with Gasteiger partial charge in [-0.3, -0.25) is 0 Å². The third-order valence-electron chi connectivity index (χ3n) is 5.72. The molecule has 1 aliphatic heterocycles. The molecule has 0 radical (unpaired) electrons. The molecule has 1 saturated heterocycles. The van der Waals surface area contributed by atoms with Gasteiger partial charge in [0.25, 0.3) is 0 Å². The van der Waals surface area contributed by atoms with Gasteiger partial charge in [-0.1, -0.05) is 13.8 Å². The predicted molar refractivity (Wildman–Crippen MR) is 98.0 cm³/mol. The van der Waals surface area contributed by atoms with E-state index in [0.29, 0.717) is 11.8 Å². The normalized spacial score (nSPS) is 26.5. The Morgan fingerprint density at radius 3 is 2.33 bits per heavy atom. The van der Waals surface area contributed by atoms with Gasteiger partial charge in [-0.05, 0) is 82.3 Å². The molecule has 2 aliphatic rings. The lowest BCUT2D eigenvalue weighted by molar-refractivity contribution is 0.169. The van der Waals surface area contributed by atoms with Gasteiger partial charge in [0.1, 0.15) is 0 Å². The van der Waals surface area contributed by atoms with Gasteiger partial charge >= 0.3 is 6.03 Å². The van der Waals surface area contributed by atoms with Crippen LogP contribution in [0.5, 0.6) is 0 Å². The zero-order valence-electron chi connectivity index (χ0n) is 15.6. The summed E-state index contributed by atoms with van der Waals surface area (Å²) in [5.41, 5.74) is 0. The Bertz CT molecular complexity index is 360. The molecule has 2 rings (SSSR count). The standard InChI is InChI=1S/C19H37N3O2/c1-15(2)7-10-22-11-8-16(9-12-22)13-20-19(24)21-18-5-3-17(14-23)4-6-18/h15-18,23H,3-14H2,1-2H3,(H2,20,21,24). The quantitative estimate of drug-likeness (QED) is 0.668. The van der Waals surface area contributed by atoms with E-state index >= 15 is 0 Å². The third kappa shape index (κ3) is 6.98. The van der Waals surface area contributed by atoms with Crippen LogP contribution < -0.4 is 10.6 Å². The molecule has 0 aromatic heterocycles. The second-order valence-electron chi connectivity index (χ2n) is 8.22. The Balaban J connectivity index is 1.55. The minimum atomic E-state index is -0.00955. The maximum absolute atomic E-state index is 12.1. The topological polar surface area (TPSA) is 64.6 Å². The molecular weight excluding hydrogens is 302 g/mol. The molecule has 2 fully saturated rings. The van der Waals surface area contributed by atoms with Crippen LogP contribution in [0.4, 0.5) is 4.79 Å². The summed E-state index contributed by atoms with van der Waals surface area (Å²) in [5, 5.41) is 15.3. The summed E-state index contributed by atoms with van der Waals surface area (Å²) in [6, 6.07) is 0.273. The number of hydrogen-bond donors (Lipinski definition) is 3. The Morgan fingerprint density at radius 1 is 1.08 bits per heavy atom. The number of rotatable bonds is 7. The van der Waals surface area contributed by atoms with Crippen LogP contribution in [0, 0.1) is 17.8 Å². The molecule has 0 bridgehead atoms. The van der Waals surface area contributed by atoms with Crippen LogP contribution in [0.15, 0.2) is 0 Å². The molecule has 0 spiro atoms. The lowest BCUT2D eigenvalue weighted by Gasteiger charge is -2.32. The molecular formula is C19H37N3O2. The summed E-state index contributed by atoms with van der Waals surface area (Å²) in [6.07, 6.45) is 7.70. The van der Waals surface area contributed by atoms with Gasteiger partial charge in [-0.2, -0.15) is 0 Å². The maximum Gasteiger partial charge on any atom is 0.315 e. The van der Waals surface area contributed by atoms with Crippen LogP contribution in [0.3, 0.4) is 0 Å². The van der Waals surface area contributed by atoms with Crippen molar-refractivity contribution in [2.24, 2.45) is 17.8 Å². The largest absolute Gasteiger partial charge is 0.396 e. The van der Waals surface area contributed by atoms with E-state index in [-0.39, 0.29) is 18.7 Å². The Morgan fingerprint density at radius 2 is 1.75 bits per heavy atom. The molecule has 0 aromatic carbocycles. The number of nitrogens with one attached hydrogen (secondary N) is 2. The smallest absolute Gasteiger partial charge is 0.315 e. The summed E-state index contributed by atoms with van der Waals surface area (Å²) >= 11 is 0. The second kappa shape index (κ2) is 10.2.